The maximum absolute atomic E-state index is 13.0. The fraction of sp³-hybridized carbons (Fsp3) is 0.143. The molecular weight excluding hydrogens is 464 g/mol. The minimum atomic E-state index is -0.446. The van der Waals surface area contributed by atoms with E-state index in [4.69, 9.17) is 9.47 Å². The highest BCUT2D eigenvalue weighted by Gasteiger charge is 2.24. The molecule has 5 rings (SSSR count). The van der Waals surface area contributed by atoms with Crippen LogP contribution in [0.2, 0.25) is 0 Å². The maximum atomic E-state index is 13.0. The van der Waals surface area contributed by atoms with E-state index in [9.17, 15) is 9.90 Å². The Bertz CT molecular complexity index is 1510. The first-order chi connectivity index (χ1) is 16.6. The number of carbonyl (C=O) groups excluding carboxylic acids is 1. The summed E-state index contributed by atoms with van der Waals surface area (Å²) in [6.45, 7) is 2.18. The molecule has 0 aliphatic rings. The molecule has 0 aliphatic carbocycles. The van der Waals surface area contributed by atoms with Gasteiger partial charge >= 0.3 is 5.97 Å². The standard InChI is InChI=1S/C28H24N2O4.ClH/c1-3-33-28(32)27-22-15-25(31)21(19-10-7-13-29-16-19)14-23(22)30(2)24(27)17-34-26-12-6-9-18-8-4-5-11-20(18)26;/h4-16,31H,3,17H2,1-2H3;1H. The molecule has 0 saturated heterocycles. The predicted molar refractivity (Wildman–Crippen MR) is 139 cm³/mol. The number of carbonyl (C=O) groups is 1. The minimum Gasteiger partial charge on any atom is -0.507 e. The van der Waals surface area contributed by atoms with Crippen molar-refractivity contribution in [2.45, 2.75) is 13.5 Å². The number of halogens is 1. The van der Waals surface area contributed by atoms with Crippen molar-refractivity contribution in [1.82, 2.24) is 9.55 Å². The van der Waals surface area contributed by atoms with E-state index in [0.29, 0.717) is 22.2 Å². The smallest absolute Gasteiger partial charge is 0.340 e. The monoisotopic (exact) mass is 488 g/mol. The lowest BCUT2D eigenvalue weighted by molar-refractivity contribution is 0.0525. The second-order valence-corrected chi connectivity index (χ2v) is 8.00. The molecule has 2 aromatic heterocycles. The molecule has 3 aromatic carbocycles. The number of aryl methyl sites for hydroxylation is 1. The van der Waals surface area contributed by atoms with Crippen LogP contribution in [0.15, 0.2) is 79.1 Å². The van der Waals surface area contributed by atoms with Gasteiger partial charge in [-0.15, -0.1) is 12.4 Å². The molecule has 0 atom stereocenters. The van der Waals surface area contributed by atoms with Gasteiger partial charge in [-0.25, -0.2) is 4.79 Å². The van der Waals surface area contributed by atoms with Gasteiger partial charge in [-0.3, -0.25) is 4.98 Å². The molecule has 2 heterocycles. The molecule has 0 fully saturated rings. The van der Waals surface area contributed by atoms with E-state index in [-0.39, 0.29) is 31.4 Å². The van der Waals surface area contributed by atoms with E-state index in [1.54, 1.807) is 25.4 Å². The minimum absolute atomic E-state index is 0. The molecular formula is C28H25ClN2O4. The summed E-state index contributed by atoms with van der Waals surface area (Å²) in [6, 6.07) is 21.1. The quantitative estimate of drug-likeness (QED) is 0.285. The molecule has 0 aliphatic heterocycles. The topological polar surface area (TPSA) is 73.6 Å². The lowest BCUT2D eigenvalue weighted by Crippen LogP contribution is -2.11. The lowest BCUT2D eigenvalue weighted by atomic mass is 10.0. The Morgan fingerprint density at radius 1 is 1.03 bits per heavy atom. The summed E-state index contributed by atoms with van der Waals surface area (Å²) in [5.74, 6) is 0.355. The van der Waals surface area contributed by atoms with Crippen LogP contribution in [-0.2, 0) is 18.4 Å². The van der Waals surface area contributed by atoms with Crippen molar-refractivity contribution in [3.63, 3.8) is 0 Å². The van der Waals surface area contributed by atoms with Crippen molar-refractivity contribution in [2.75, 3.05) is 6.61 Å². The van der Waals surface area contributed by atoms with Crippen molar-refractivity contribution in [3.8, 4) is 22.6 Å². The number of esters is 1. The molecule has 6 nitrogen and oxygen atoms in total. The first-order valence-corrected chi connectivity index (χ1v) is 11.1. The largest absolute Gasteiger partial charge is 0.507 e. The zero-order valence-electron chi connectivity index (χ0n) is 19.4. The summed E-state index contributed by atoms with van der Waals surface area (Å²) >= 11 is 0. The van der Waals surface area contributed by atoms with Crippen molar-refractivity contribution in [1.29, 1.82) is 0 Å². The predicted octanol–water partition coefficient (Wildman–Crippen LogP) is 6.28. The Kier molecular flexibility index (Phi) is 6.94. The zero-order valence-corrected chi connectivity index (χ0v) is 20.2. The molecule has 0 saturated carbocycles. The van der Waals surface area contributed by atoms with E-state index in [1.165, 1.54) is 0 Å². The van der Waals surface area contributed by atoms with E-state index in [2.05, 4.69) is 4.98 Å². The summed E-state index contributed by atoms with van der Waals surface area (Å²) in [5.41, 5.74) is 3.28. The molecule has 35 heavy (non-hydrogen) atoms. The summed E-state index contributed by atoms with van der Waals surface area (Å²) in [5, 5.41) is 13.5. The highest BCUT2D eigenvalue weighted by atomic mass is 35.5. The molecule has 0 spiro atoms. The molecule has 0 radical (unpaired) electrons. The van der Waals surface area contributed by atoms with Gasteiger partial charge in [0.1, 0.15) is 18.1 Å². The number of fused-ring (bicyclic) bond motifs is 2. The molecule has 1 N–H and O–H groups in total. The van der Waals surface area contributed by atoms with E-state index in [0.717, 1.165) is 27.6 Å². The summed E-state index contributed by atoms with van der Waals surface area (Å²) in [7, 11) is 1.89. The van der Waals surface area contributed by atoms with Crippen LogP contribution in [0.1, 0.15) is 23.0 Å². The van der Waals surface area contributed by atoms with Gasteiger partial charge < -0.3 is 19.1 Å². The fourth-order valence-electron chi connectivity index (χ4n) is 4.34. The summed E-state index contributed by atoms with van der Waals surface area (Å²) < 4.78 is 13.5. The SMILES string of the molecule is CCOC(=O)c1c(COc2cccc3ccccc23)n(C)c2cc(-c3cccnc3)c(O)cc12.Cl. The maximum Gasteiger partial charge on any atom is 0.340 e. The Morgan fingerprint density at radius 2 is 1.83 bits per heavy atom. The number of aromatic nitrogens is 2. The highest BCUT2D eigenvalue weighted by Crippen LogP contribution is 2.37. The van der Waals surface area contributed by atoms with Crippen LogP contribution in [0.4, 0.5) is 0 Å². The lowest BCUT2D eigenvalue weighted by Gasteiger charge is -2.12. The number of phenols is 1. The molecule has 0 unspecified atom stereocenters. The van der Waals surface area contributed by atoms with Crippen LogP contribution in [-0.4, -0.2) is 27.2 Å². The van der Waals surface area contributed by atoms with Crippen LogP contribution >= 0.6 is 12.4 Å². The van der Waals surface area contributed by atoms with Gasteiger partial charge in [0.15, 0.2) is 0 Å². The number of aromatic hydroxyl groups is 1. The normalized spacial score (nSPS) is 10.8. The molecule has 5 aromatic rings. The average molecular weight is 489 g/mol. The first-order valence-electron chi connectivity index (χ1n) is 11.1. The molecule has 7 heteroatoms. The number of phenolic OH excluding ortho intramolecular Hbond substituents is 1. The van der Waals surface area contributed by atoms with Gasteiger partial charge in [-0.05, 0) is 36.6 Å². The highest BCUT2D eigenvalue weighted by molar-refractivity contribution is 6.07. The Hall–Kier alpha value is -4.03. The number of benzene rings is 3. The summed E-state index contributed by atoms with van der Waals surface area (Å²) in [4.78, 5) is 17.2. The Morgan fingerprint density at radius 3 is 2.60 bits per heavy atom. The van der Waals surface area contributed by atoms with E-state index >= 15 is 0 Å². The van der Waals surface area contributed by atoms with E-state index < -0.39 is 5.97 Å². The van der Waals surface area contributed by atoms with Gasteiger partial charge in [0.25, 0.3) is 0 Å². The number of pyridine rings is 1. The number of hydrogen-bond acceptors (Lipinski definition) is 5. The van der Waals surface area contributed by atoms with Gasteiger partial charge in [-0.2, -0.15) is 0 Å². The molecule has 178 valence electrons. The van der Waals surface area contributed by atoms with Crippen molar-refractivity contribution < 1.29 is 19.4 Å². The third-order valence-corrected chi connectivity index (χ3v) is 6.00. The Labute approximate surface area is 209 Å². The van der Waals surface area contributed by atoms with Crippen molar-refractivity contribution in [3.05, 3.63) is 90.4 Å². The summed E-state index contributed by atoms with van der Waals surface area (Å²) in [6.07, 6.45) is 3.38. The number of hydrogen-bond donors (Lipinski definition) is 1. The van der Waals surface area contributed by atoms with Crippen LogP contribution in [0.3, 0.4) is 0 Å². The van der Waals surface area contributed by atoms with Gasteiger partial charge in [0.05, 0.1) is 17.9 Å². The van der Waals surface area contributed by atoms with Crippen molar-refractivity contribution in [2.24, 2.45) is 7.05 Å². The second kappa shape index (κ2) is 10.1. The van der Waals surface area contributed by atoms with Gasteiger partial charge in [-0.1, -0.05) is 42.5 Å². The number of rotatable bonds is 6. The third kappa shape index (κ3) is 4.40. The third-order valence-electron chi connectivity index (χ3n) is 6.00. The zero-order chi connectivity index (χ0) is 23.7. The van der Waals surface area contributed by atoms with Crippen LogP contribution in [0, 0.1) is 0 Å². The van der Waals surface area contributed by atoms with Crippen LogP contribution in [0.25, 0.3) is 32.8 Å². The van der Waals surface area contributed by atoms with Gasteiger partial charge in [0, 0.05) is 46.9 Å². The first kappa shape index (κ1) is 24.1. The van der Waals surface area contributed by atoms with Crippen LogP contribution in [0.5, 0.6) is 11.5 Å². The number of ether oxygens (including phenoxy) is 2. The van der Waals surface area contributed by atoms with E-state index in [1.807, 2.05) is 72.3 Å². The number of nitrogens with zero attached hydrogens (tertiary/aromatic N) is 2. The van der Waals surface area contributed by atoms with Crippen LogP contribution < -0.4 is 4.74 Å². The average Bonchev–Trinajstić information content (AvgIpc) is 3.13. The fourth-order valence-corrected chi connectivity index (χ4v) is 4.34. The van der Waals surface area contributed by atoms with Gasteiger partial charge in [0.2, 0.25) is 0 Å². The second-order valence-electron chi connectivity index (χ2n) is 8.00. The molecule has 0 bridgehead atoms. The Balaban J connectivity index is 0.00000289. The molecule has 0 amide bonds. The van der Waals surface area contributed by atoms with Crippen molar-refractivity contribution >= 4 is 40.1 Å².